The second-order valence-corrected chi connectivity index (χ2v) is 11.5. The van der Waals surface area contributed by atoms with Crippen molar-refractivity contribution in [1.29, 1.82) is 0 Å². The average Bonchev–Trinajstić information content (AvgIpc) is 3.85. The fourth-order valence-electron chi connectivity index (χ4n) is 6.03. The Labute approximate surface area is 240 Å². The first-order chi connectivity index (χ1) is 20.0. The van der Waals surface area contributed by atoms with Crippen LogP contribution in [0.1, 0.15) is 89.3 Å². The number of anilines is 3. The van der Waals surface area contributed by atoms with Gasteiger partial charge in [0.1, 0.15) is 5.82 Å². The van der Waals surface area contributed by atoms with Gasteiger partial charge in [-0.15, -0.1) is 0 Å². The lowest BCUT2D eigenvalue weighted by molar-refractivity contribution is 0.0853. The van der Waals surface area contributed by atoms with Crippen molar-refractivity contribution in [2.24, 2.45) is 5.73 Å². The monoisotopic (exact) mass is 554 g/mol. The molecule has 2 amide bonds. The van der Waals surface area contributed by atoms with Crippen molar-refractivity contribution in [3.05, 3.63) is 77.1 Å². The predicted octanol–water partition coefficient (Wildman–Crippen LogP) is 4.88. The zero-order chi connectivity index (χ0) is 28.3. The number of amides is 2. The number of primary amides is 1. The third kappa shape index (κ3) is 6.20. The Hall–Kier alpha value is -3.98. The molecule has 2 aromatic carbocycles. The number of rotatable bonds is 8. The third-order valence-corrected chi connectivity index (χ3v) is 8.68. The minimum atomic E-state index is -0.644. The molecule has 9 heteroatoms. The van der Waals surface area contributed by atoms with Crippen molar-refractivity contribution in [2.45, 2.75) is 69.4 Å². The highest BCUT2D eigenvalue weighted by atomic mass is 16.5. The molecule has 41 heavy (non-hydrogen) atoms. The maximum Gasteiger partial charge on any atom is 0.271 e. The summed E-state index contributed by atoms with van der Waals surface area (Å²) in [5.41, 5.74) is 9.82. The van der Waals surface area contributed by atoms with Gasteiger partial charge in [0.15, 0.2) is 11.5 Å². The van der Waals surface area contributed by atoms with Gasteiger partial charge in [0, 0.05) is 43.1 Å². The lowest BCUT2D eigenvalue weighted by Crippen LogP contribution is -2.54. The van der Waals surface area contributed by atoms with Gasteiger partial charge < -0.3 is 26.0 Å². The molecule has 214 valence electrons. The summed E-state index contributed by atoms with van der Waals surface area (Å²) in [6.45, 7) is 4.45. The SMILES string of the molecule is C[C@@H]1[C@H](NC(=O)c2ccc(C3CC3)cc2)CCCN1c1cnc(C(N)=O)c(Nc2ccc(C3CCOCC3)cc2)n1. The van der Waals surface area contributed by atoms with Gasteiger partial charge in [0.2, 0.25) is 0 Å². The molecule has 6 rings (SSSR count). The Morgan fingerprint density at radius 2 is 1.59 bits per heavy atom. The maximum absolute atomic E-state index is 13.1. The Balaban J connectivity index is 1.16. The van der Waals surface area contributed by atoms with Gasteiger partial charge in [-0.3, -0.25) is 9.59 Å². The molecule has 3 heterocycles. The van der Waals surface area contributed by atoms with Crippen molar-refractivity contribution in [3.63, 3.8) is 0 Å². The molecule has 9 nitrogen and oxygen atoms in total. The normalized spacial score (nSPS) is 21.3. The zero-order valence-electron chi connectivity index (χ0n) is 23.5. The van der Waals surface area contributed by atoms with E-state index in [9.17, 15) is 9.59 Å². The summed E-state index contributed by atoms with van der Waals surface area (Å²) in [5.74, 6) is 1.41. The van der Waals surface area contributed by atoms with E-state index < -0.39 is 5.91 Å². The summed E-state index contributed by atoms with van der Waals surface area (Å²) < 4.78 is 5.49. The molecule has 1 aliphatic carbocycles. The largest absolute Gasteiger partial charge is 0.381 e. The number of ether oxygens (including phenoxy) is 1. The number of nitrogens with two attached hydrogens (primary N) is 1. The summed E-state index contributed by atoms with van der Waals surface area (Å²) in [4.78, 5) is 36.6. The van der Waals surface area contributed by atoms with Crippen LogP contribution < -0.4 is 21.3 Å². The smallest absolute Gasteiger partial charge is 0.271 e. The van der Waals surface area contributed by atoms with Crippen LogP contribution in [0.5, 0.6) is 0 Å². The summed E-state index contributed by atoms with van der Waals surface area (Å²) >= 11 is 0. The first kappa shape index (κ1) is 27.2. The number of piperidine rings is 1. The lowest BCUT2D eigenvalue weighted by atomic mass is 9.92. The van der Waals surface area contributed by atoms with Crippen molar-refractivity contribution in [2.75, 3.05) is 30.0 Å². The van der Waals surface area contributed by atoms with Crippen LogP contribution in [0.15, 0.2) is 54.7 Å². The summed E-state index contributed by atoms with van der Waals surface area (Å²) in [6, 6.07) is 16.2. The number of benzene rings is 2. The molecule has 0 radical (unpaired) electrons. The molecule has 3 fully saturated rings. The van der Waals surface area contributed by atoms with E-state index >= 15 is 0 Å². The van der Waals surface area contributed by atoms with E-state index in [2.05, 4.69) is 51.7 Å². The van der Waals surface area contributed by atoms with Crippen LogP contribution in [0.4, 0.5) is 17.3 Å². The Morgan fingerprint density at radius 3 is 2.24 bits per heavy atom. The molecule has 0 bridgehead atoms. The van der Waals surface area contributed by atoms with Crippen molar-refractivity contribution < 1.29 is 14.3 Å². The van der Waals surface area contributed by atoms with Crippen molar-refractivity contribution in [1.82, 2.24) is 15.3 Å². The molecule has 4 N–H and O–H groups in total. The van der Waals surface area contributed by atoms with Crippen LogP contribution in [0.3, 0.4) is 0 Å². The molecule has 0 unspecified atom stereocenters. The first-order valence-corrected chi connectivity index (χ1v) is 14.8. The van der Waals surface area contributed by atoms with E-state index in [0.717, 1.165) is 51.1 Å². The summed E-state index contributed by atoms with van der Waals surface area (Å²) in [5, 5.41) is 6.50. The standard InChI is InChI=1S/C32H38N6O3/c1-20-27(36-32(40)25-8-6-22(7-9-25)21-4-5-21)3-2-16-38(20)28-19-34-29(30(33)39)31(37-28)35-26-12-10-23(11-13-26)24-14-17-41-18-15-24/h6-13,19-21,24,27H,2-5,14-18H2,1H3,(H2,33,39)(H,35,37)(H,36,40)/t20-,27-/m1/s1. The molecule has 1 aromatic heterocycles. The number of hydrogen-bond donors (Lipinski definition) is 3. The lowest BCUT2D eigenvalue weighted by Gasteiger charge is -2.40. The molecule has 2 saturated heterocycles. The van der Waals surface area contributed by atoms with E-state index in [1.807, 2.05) is 24.3 Å². The number of nitrogens with zero attached hydrogens (tertiary/aromatic N) is 3. The zero-order valence-corrected chi connectivity index (χ0v) is 23.5. The van der Waals surface area contributed by atoms with E-state index in [1.54, 1.807) is 6.20 Å². The van der Waals surface area contributed by atoms with Crippen molar-refractivity contribution >= 4 is 29.1 Å². The second-order valence-electron chi connectivity index (χ2n) is 11.5. The number of hydrogen-bond acceptors (Lipinski definition) is 7. The average molecular weight is 555 g/mol. The minimum absolute atomic E-state index is 0.0150. The van der Waals surface area contributed by atoms with Gasteiger partial charge in [-0.1, -0.05) is 24.3 Å². The highest BCUT2D eigenvalue weighted by molar-refractivity contribution is 5.96. The Morgan fingerprint density at radius 1 is 0.927 bits per heavy atom. The first-order valence-electron chi connectivity index (χ1n) is 14.8. The van der Waals surface area contributed by atoms with Gasteiger partial charge in [-0.2, -0.15) is 0 Å². The van der Waals surface area contributed by atoms with Gasteiger partial charge in [-0.05, 0) is 92.7 Å². The number of carbonyl (C=O) groups excluding carboxylic acids is 2. The Bertz CT molecular complexity index is 1380. The molecule has 2 atom stereocenters. The van der Waals surface area contributed by atoms with Crippen LogP contribution in [0.25, 0.3) is 0 Å². The van der Waals surface area contributed by atoms with E-state index in [0.29, 0.717) is 29.0 Å². The van der Waals surface area contributed by atoms with E-state index in [-0.39, 0.29) is 23.7 Å². The van der Waals surface area contributed by atoms with Crippen LogP contribution in [-0.4, -0.2) is 53.6 Å². The number of carbonyl (C=O) groups is 2. The molecule has 3 aromatic rings. The second kappa shape index (κ2) is 11.9. The Kier molecular flexibility index (Phi) is 7.87. The fourth-order valence-corrected chi connectivity index (χ4v) is 6.03. The third-order valence-electron chi connectivity index (χ3n) is 8.68. The number of aromatic nitrogens is 2. The summed E-state index contributed by atoms with van der Waals surface area (Å²) in [7, 11) is 0. The van der Waals surface area contributed by atoms with Crippen LogP contribution in [0.2, 0.25) is 0 Å². The summed E-state index contributed by atoms with van der Waals surface area (Å²) in [6.07, 6.45) is 7.89. The molecular weight excluding hydrogens is 516 g/mol. The van der Waals surface area contributed by atoms with E-state index in [1.165, 1.54) is 24.0 Å². The topological polar surface area (TPSA) is 122 Å². The van der Waals surface area contributed by atoms with Crippen LogP contribution in [0, 0.1) is 0 Å². The molecule has 0 spiro atoms. The van der Waals surface area contributed by atoms with Crippen LogP contribution >= 0.6 is 0 Å². The molecule has 2 aliphatic heterocycles. The van der Waals surface area contributed by atoms with Gasteiger partial charge in [0.25, 0.3) is 11.8 Å². The fraction of sp³-hybridized carbons (Fsp3) is 0.438. The van der Waals surface area contributed by atoms with Crippen molar-refractivity contribution in [3.8, 4) is 0 Å². The maximum atomic E-state index is 13.1. The van der Waals surface area contributed by atoms with Gasteiger partial charge >= 0.3 is 0 Å². The highest BCUT2D eigenvalue weighted by Gasteiger charge is 2.31. The predicted molar refractivity (Wildman–Crippen MR) is 159 cm³/mol. The molecular formula is C32H38N6O3. The molecule has 1 saturated carbocycles. The number of nitrogens with one attached hydrogen (secondary N) is 2. The van der Waals surface area contributed by atoms with Crippen LogP contribution in [-0.2, 0) is 4.74 Å². The minimum Gasteiger partial charge on any atom is -0.381 e. The van der Waals surface area contributed by atoms with Gasteiger partial charge in [-0.25, -0.2) is 9.97 Å². The van der Waals surface area contributed by atoms with Gasteiger partial charge in [0.05, 0.1) is 6.20 Å². The van der Waals surface area contributed by atoms with E-state index in [4.69, 9.17) is 15.5 Å². The molecule has 3 aliphatic rings. The highest BCUT2D eigenvalue weighted by Crippen LogP contribution is 2.40. The quantitative estimate of drug-likeness (QED) is 0.363.